The Morgan fingerprint density at radius 3 is 1.26 bits per heavy atom. The Morgan fingerprint density at radius 1 is 0.526 bits per heavy atom. The molecule has 4 aromatic rings. The quantitative estimate of drug-likeness (QED) is 0.205. The molecule has 0 amide bonds. The van der Waals surface area contributed by atoms with Crippen molar-refractivity contribution in [1.29, 1.82) is 0 Å². The van der Waals surface area contributed by atoms with E-state index in [1.165, 1.54) is 0 Å². The first-order chi connectivity index (χ1) is 18.4. The normalized spacial score (nSPS) is 11.6. The van der Waals surface area contributed by atoms with Crippen molar-refractivity contribution in [1.82, 2.24) is 9.97 Å². The summed E-state index contributed by atoms with van der Waals surface area (Å²) < 4.78 is 11.5. The monoisotopic (exact) mass is 504 g/mol. The van der Waals surface area contributed by atoms with Gasteiger partial charge in [0.1, 0.15) is 11.5 Å². The largest absolute Gasteiger partial charge is 0.493 e. The van der Waals surface area contributed by atoms with Crippen molar-refractivity contribution >= 4 is 24.3 Å². The van der Waals surface area contributed by atoms with E-state index >= 15 is 0 Å². The second-order valence-electron chi connectivity index (χ2n) is 10.2. The average Bonchev–Trinajstić information content (AvgIpc) is 2.94. The van der Waals surface area contributed by atoms with Gasteiger partial charge in [0.2, 0.25) is 0 Å². The van der Waals surface area contributed by atoms with Gasteiger partial charge in [0.15, 0.2) is 0 Å². The molecule has 2 aromatic heterocycles. The van der Waals surface area contributed by atoms with Gasteiger partial charge >= 0.3 is 0 Å². The number of benzene rings is 2. The number of rotatable bonds is 11. The Bertz CT molecular complexity index is 1250. The molecular formula is C34H36N2O2. The molecule has 4 nitrogen and oxygen atoms in total. The minimum atomic E-state index is 0.508. The van der Waals surface area contributed by atoms with Crippen LogP contribution in [0.4, 0.5) is 0 Å². The van der Waals surface area contributed by atoms with Crippen molar-refractivity contribution in [2.45, 2.75) is 27.7 Å². The summed E-state index contributed by atoms with van der Waals surface area (Å²) in [7, 11) is 0. The molecule has 0 unspecified atom stereocenters. The molecule has 2 aromatic carbocycles. The molecule has 194 valence electrons. The van der Waals surface area contributed by atoms with Gasteiger partial charge in [0.05, 0.1) is 24.6 Å². The Balaban J connectivity index is 1.41. The molecule has 0 saturated heterocycles. The summed E-state index contributed by atoms with van der Waals surface area (Å²) in [5.41, 5.74) is 6.04. The maximum atomic E-state index is 5.77. The molecular weight excluding hydrogens is 468 g/mol. The van der Waals surface area contributed by atoms with Crippen LogP contribution < -0.4 is 9.47 Å². The van der Waals surface area contributed by atoms with Gasteiger partial charge in [-0.2, -0.15) is 0 Å². The van der Waals surface area contributed by atoms with Gasteiger partial charge in [-0.1, -0.05) is 76.3 Å². The third-order valence-electron chi connectivity index (χ3n) is 5.69. The predicted molar refractivity (Wildman–Crippen MR) is 159 cm³/mol. The fourth-order valence-corrected chi connectivity index (χ4v) is 3.64. The van der Waals surface area contributed by atoms with Gasteiger partial charge < -0.3 is 9.47 Å². The molecule has 0 aliphatic heterocycles. The van der Waals surface area contributed by atoms with Gasteiger partial charge in [-0.25, -0.2) is 0 Å². The number of hydrogen-bond donors (Lipinski definition) is 0. The molecule has 0 spiro atoms. The minimum absolute atomic E-state index is 0.508. The molecule has 38 heavy (non-hydrogen) atoms. The van der Waals surface area contributed by atoms with E-state index in [1.807, 2.05) is 48.8 Å². The van der Waals surface area contributed by atoms with Crippen LogP contribution in [0.1, 0.15) is 49.9 Å². The van der Waals surface area contributed by atoms with Gasteiger partial charge in [-0.05, 0) is 82.6 Å². The summed E-state index contributed by atoms with van der Waals surface area (Å²) in [4.78, 5) is 9.12. The van der Waals surface area contributed by atoms with Gasteiger partial charge in [-0.15, -0.1) is 0 Å². The lowest BCUT2D eigenvalue weighted by molar-refractivity contribution is 0.271. The van der Waals surface area contributed by atoms with Crippen molar-refractivity contribution in [3.05, 3.63) is 107 Å². The van der Waals surface area contributed by atoms with Crippen LogP contribution in [0, 0.1) is 11.8 Å². The number of aromatic nitrogens is 2. The van der Waals surface area contributed by atoms with Crippen LogP contribution in [-0.2, 0) is 0 Å². The molecule has 0 aliphatic rings. The Morgan fingerprint density at radius 2 is 0.895 bits per heavy atom. The summed E-state index contributed by atoms with van der Waals surface area (Å²) in [5, 5.41) is 0. The van der Waals surface area contributed by atoms with Crippen molar-refractivity contribution < 1.29 is 9.47 Å². The highest BCUT2D eigenvalue weighted by Crippen LogP contribution is 2.21. The maximum absolute atomic E-state index is 5.77. The second-order valence-corrected chi connectivity index (χ2v) is 10.2. The van der Waals surface area contributed by atoms with Crippen LogP contribution in [0.3, 0.4) is 0 Å². The maximum Gasteiger partial charge on any atom is 0.119 e. The molecule has 0 aliphatic carbocycles. The number of pyridine rings is 2. The Kier molecular flexibility index (Phi) is 9.47. The standard InChI is InChI=1S/C34H36N2O2/c1-25(2)23-37-31-13-9-27(10-14-31)5-7-29-17-19-35-33(21-29)34-22-30(18-20-36-34)8-6-28-11-15-32(16-12-28)38-24-26(3)4/h5-22,25-26H,23-24H2,1-4H3. The minimum Gasteiger partial charge on any atom is -0.493 e. The smallest absolute Gasteiger partial charge is 0.119 e. The van der Waals surface area contributed by atoms with Crippen molar-refractivity contribution in [3.8, 4) is 22.9 Å². The van der Waals surface area contributed by atoms with Crippen LogP contribution in [-0.4, -0.2) is 23.2 Å². The van der Waals surface area contributed by atoms with E-state index in [4.69, 9.17) is 9.47 Å². The first-order valence-electron chi connectivity index (χ1n) is 13.2. The lowest BCUT2D eigenvalue weighted by atomic mass is 10.1. The first kappa shape index (κ1) is 26.9. The zero-order valence-corrected chi connectivity index (χ0v) is 22.7. The van der Waals surface area contributed by atoms with E-state index in [1.54, 1.807) is 0 Å². The topological polar surface area (TPSA) is 44.2 Å². The van der Waals surface area contributed by atoms with Gasteiger partial charge in [0, 0.05) is 12.4 Å². The lowest BCUT2D eigenvalue weighted by Crippen LogP contribution is -2.04. The third-order valence-corrected chi connectivity index (χ3v) is 5.69. The van der Waals surface area contributed by atoms with Gasteiger partial charge in [0.25, 0.3) is 0 Å². The average molecular weight is 505 g/mol. The third kappa shape index (κ3) is 8.45. The molecule has 0 bridgehead atoms. The van der Waals surface area contributed by atoms with Crippen LogP contribution in [0.25, 0.3) is 35.7 Å². The van der Waals surface area contributed by atoms with Crippen LogP contribution in [0.2, 0.25) is 0 Å². The molecule has 4 rings (SSSR count). The van der Waals surface area contributed by atoms with Crippen LogP contribution in [0.15, 0.2) is 85.2 Å². The highest BCUT2D eigenvalue weighted by atomic mass is 16.5. The van der Waals surface area contributed by atoms with Crippen LogP contribution >= 0.6 is 0 Å². The van der Waals surface area contributed by atoms with E-state index in [0.717, 1.165) is 58.4 Å². The van der Waals surface area contributed by atoms with Crippen LogP contribution in [0.5, 0.6) is 11.5 Å². The zero-order valence-electron chi connectivity index (χ0n) is 22.7. The molecule has 0 radical (unpaired) electrons. The zero-order chi connectivity index (χ0) is 26.7. The van der Waals surface area contributed by atoms with E-state index in [9.17, 15) is 0 Å². The summed E-state index contributed by atoms with van der Waals surface area (Å²) in [5.74, 6) is 2.81. The van der Waals surface area contributed by atoms with Crippen molar-refractivity contribution in [3.63, 3.8) is 0 Å². The second kappa shape index (κ2) is 13.4. The Hall–Kier alpha value is -4.18. The highest BCUT2D eigenvalue weighted by molar-refractivity contribution is 5.74. The van der Waals surface area contributed by atoms with Gasteiger partial charge in [-0.3, -0.25) is 9.97 Å². The molecule has 0 fully saturated rings. The number of ether oxygens (including phenoxy) is 2. The van der Waals surface area contributed by atoms with E-state index in [2.05, 4.69) is 98.4 Å². The fraction of sp³-hybridized carbons (Fsp3) is 0.235. The molecule has 2 heterocycles. The summed E-state index contributed by atoms with van der Waals surface area (Å²) in [6, 6.07) is 24.4. The SMILES string of the molecule is CC(C)COc1ccc(C=Cc2ccnc(-c3cc(C=Cc4ccc(OCC(C)C)cc4)ccn3)c2)cc1. The van der Waals surface area contributed by atoms with E-state index in [-0.39, 0.29) is 0 Å². The lowest BCUT2D eigenvalue weighted by Gasteiger charge is -2.08. The summed E-state index contributed by atoms with van der Waals surface area (Å²) in [6.07, 6.45) is 12.0. The van der Waals surface area contributed by atoms with Crippen molar-refractivity contribution in [2.75, 3.05) is 13.2 Å². The first-order valence-corrected chi connectivity index (χ1v) is 13.2. The predicted octanol–water partition coefficient (Wildman–Crippen LogP) is 8.55. The van der Waals surface area contributed by atoms with E-state index in [0.29, 0.717) is 11.8 Å². The molecule has 0 atom stereocenters. The summed E-state index contributed by atoms with van der Waals surface area (Å²) in [6.45, 7) is 10.0. The molecule has 4 heteroatoms. The number of nitrogens with zero attached hydrogens (tertiary/aromatic N) is 2. The number of hydrogen-bond acceptors (Lipinski definition) is 4. The fourth-order valence-electron chi connectivity index (χ4n) is 3.64. The van der Waals surface area contributed by atoms with E-state index < -0.39 is 0 Å². The molecule has 0 saturated carbocycles. The van der Waals surface area contributed by atoms with Crippen molar-refractivity contribution in [2.24, 2.45) is 11.8 Å². The Labute approximate surface area is 226 Å². The summed E-state index contributed by atoms with van der Waals surface area (Å²) >= 11 is 0. The highest BCUT2D eigenvalue weighted by Gasteiger charge is 2.03. The molecule has 0 N–H and O–H groups in total.